The van der Waals surface area contributed by atoms with E-state index in [-0.39, 0.29) is 6.42 Å². The quantitative estimate of drug-likeness (QED) is 0.635. The molecule has 0 fully saturated rings. The number of carboxylic acids is 1. The van der Waals surface area contributed by atoms with Gasteiger partial charge in [0.05, 0.1) is 1.37 Å². The van der Waals surface area contributed by atoms with Crippen LogP contribution < -0.4 is 5.32 Å². The van der Waals surface area contributed by atoms with Gasteiger partial charge in [-0.1, -0.05) is 72.8 Å². The first-order valence-electron chi connectivity index (χ1n) is 10.4. The number of hydrogen-bond acceptors (Lipinski definition) is 3. The number of fused-ring (bicyclic) bond motifs is 3. The van der Waals surface area contributed by atoms with Gasteiger partial charge in [-0.25, -0.2) is 9.59 Å². The van der Waals surface area contributed by atoms with Crippen molar-refractivity contribution in [2.75, 3.05) is 6.58 Å². The number of aliphatic carboxylic acids is 1. The van der Waals surface area contributed by atoms with E-state index >= 15 is 0 Å². The second-order valence-electron chi connectivity index (χ2n) is 7.36. The van der Waals surface area contributed by atoms with Gasteiger partial charge in [-0.3, -0.25) is 0 Å². The molecule has 0 radical (unpaired) electrons. The van der Waals surface area contributed by atoms with Crippen LogP contribution in [0.1, 0.15) is 29.5 Å². The van der Waals surface area contributed by atoms with Crippen LogP contribution in [0.4, 0.5) is 4.79 Å². The van der Waals surface area contributed by atoms with Crippen LogP contribution in [0.5, 0.6) is 0 Å². The molecule has 1 aliphatic carbocycles. The van der Waals surface area contributed by atoms with E-state index in [1.54, 1.807) is 0 Å². The fraction of sp³-hybridized carbons (Fsp3) is 0.200. The number of carbonyl (C=O) groups is 2. The molecule has 2 atom stereocenters. The van der Waals surface area contributed by atoms with Gasteiger partial charge in [-0.15, -0.1) is 0 Å². The zero-order valence-electron chi connectivity index (χ0n) is 17.5. The molecule has 0 aromatic heterocycles. The molecule has 30 heavy (non-hydrogen) atoms. The first-order chi connectivity index (χ1) is 15.0. The van der Waals surface area contributed by atoms with Crippen LogP contribution in [0.2, 0.25) is 0 Å². The van der Waals surface area contributed by atoms with Crippen LogP contribution in [0, 0.1) is 6.92 Å². The summed E-state index contributed by atoms with van der Waals surface area (Å²) in [5.41, 5.74) is 5.66. The monoisotopic (exact) mass is 402 g/mol. The van der Waals surface area contributed by atoms with Gasteiger partial charge in [0.1, 0.15) is 12.6 Å². The Labute approximate surface area is 176 Å². The van der Waals surface area contributed by atoms with Crippen LogP contribution in [0.25, 0.3) is 11.1 Å². The number of ether oxygens (including phenoxy) is 1. The standard InChI is InChI=1S/C25H23NO4/c1-16-8-2-3-9-17(16)14-23(24(27)28)26-25(29)30-15-22-20-12-6-4-10-18(20)19-11-5-7-13-21(19)22/h2-13,22-23H,14-15H2,1H3,(H,26,29)(H,27,28)/t23-/m0/s1/i15D/t15?,23-. The van der Waals surface area contributed by atoms with Gasteiger partial charge >= 0.3 is 12.1 Å². The van der Waals surface area contributed by atoms with Crippen molar-refractivity contribution in [1.82, 2.24) is 5.32 Å². The molecule has 1 amide bonds. The van der Waals surface area contributed by atoms with E-state index in [9.17, 15) is 14.7 Å². The van der Waals surface area contributed by atoms with E-state index < -0.39 is 30.6 Å². The molecule has 1 unspecified atom stereocenters. The minimum atomic E-state index is -1.21. The van der Waals surface area contributed by atoms with Crippen LogP contribution >= 0.6 is 0 Å². The minimum absolute atomic E-state index is 0.134. The predicted octanol–water partition coefficient (Wildman–Crippen LogP) is 4.53. The van der Waals surface area contributed by atoms with Crippen LogP contribution in [-0.2, 0) is 16.0 Å². The SMILES string of the molecule is [2H]C(OC(=O)N[C@@H](Cc1ccccc1C)C(=O)O)C1c2ccccc2-c2ccccc21. The van der Waals surface area contributed by atoms with E-state index in [2.05, 4.69) is 5.32 Å². The second-order valence-corrected chi connectivity index (χ2v) is 7.36. The molecule has 0 heterocycles. The Balaban J connectivity index is 1.49. The molecule has 0 bridgehead atoms. The number of benzene rings is 3. The summed E-state index contributed by atoms with van der Waals surface area (Å²) in [6.45, 7) is 0.680. The van der Waals surface area contributed by atoms with Gasteiger partial charge in [-0.2, -0.15) is 0 Å². The van der Waals surface area contributed by atoms with Crippen LogP contribution in [-0.4, -0.2) is 29.8 Å². The molecule has 0 saturated carbocycles. The normalized spacial score (nSPS) is 14.8. The Hall–Kier alpha value is -3.60. The maximum Gasteiger partial charge on any atom is 0.407 e. The number of alkyl carbamates (subject to hydrolysis) is 1. The number of aryl methyl sites for hydroxylation is 1. The lowest BCUT2D eigenvalue weighted by molar-refractivity contribution is -0.139. The predicted molar refractivity (Wildman–Crippen MR) is 115 cm³/mol. The van der Waals surface area contributed by atoms with Gasteiger partial charge in [-0.05, 0) is 40.3 Å². The smallest absolute Gasteiger partial charge is 0.407 e. The van der Waals surface area contributed by atoms with Crippen molar-refractivity contribution in [2.24, 2.45) is 0 Å². The van der Waals surface area contributed by atoms with E-state index in [1.165, 1.54) is 0 Å². The molecule has 0 aliphatic heterocycles. The molecule has 2 N–H and O–H groups in total. The third kappa shape index (κ3) is 3.92. The Bertz CT molecular complexity index is 1080. The van der Waals surface area contributed by atoms with Gasteiger partial charge in [0.15, 0.2) is 0 Å². The number of carboxylic acid groups (broad SMARTS) is 1. The fourth-order valence-corrected chi connectivity index (χ4v) is 3.91. The van der Waals surface area contributed by atoms with Gasteiger partial charge in [0, 0.05) is 12.3 Å². The number of amides is 1. The maximum absolute atomic E-state index is 12.5. The topological polar surface area (TPSA) is 75.6 Å². The highest BCUT2D eigenvalue weighted by Crippen LogP contribution is 2.44. The van der Waals surface area contributed by atoms with Gasteiger partial charge < -0.3 is 15.2 Å². The van der Waals surface area contributed by atoms with Crippen molar-refractivity contribution < 1.29 is 20.8 Å². The van der Waals surface area contributed by atoms with Crippen molar-refractivity contribution in [3.05, 3.63) is 95.1 Å². The maximum atomic E-state index is 12.5. The molecule has 152 valence electrons. The molecule has 3 aromatic rings. The summed E-state index contributed by atoms with van der Waals surface area (Å²) in [5, 5.41) is 12.0. The highest BCUT2D eigenvalue weighted by molar-refractivity contribution is 5.81. The lowest BCUT2D eigenvalue weighted by Crippen LogP contribution is -2.43. The largest absolute Gasteiger partial charge is 0.480 e. The number of nitrogens with one attached hydrogen (secondary N) is 1. The Kier molecular flexibility index (Phi) is 5.17. The molecule has 5 nitrogen and oxygen atoms in total. The van der Waals surface area contributed by atoms with Crippen molar-refractivity contribution in [1.29, 1.82) is 0 Å². The van der Waals surface area contributed by atoms with Crippen molar-refractivity contribution >= 4 is 12.1 Å². The highest BCUT2D eigenvalue weighted by Gasteiger charge is 2.29. The van der Waals surface area contributed by atoms with E-state index in [0.29, 0.717) is 0 Å². The highest BCUT2D eigenvalue weighted by atomic mass is 16.5. The summed E-state index contributed by atoms with van der Waals surface area (Å²) >= 11 is 0. The Morgan fingerprint density at radius 1 is 1.00 bits per heavy atom. The van der Waals surface area contributed by atoms with Crippen molar-refractivity contribution in [2.45, 2.75) is 25.3 Å². The van der Waals surface area contributed by atoms with E-state index in [4.69, 9.17) is 6.11 Å². The Morgan fingerprint density at radius 2 is 1.57 bits per heavy atom. The third-order valence-corrected chi connectivity index (χ3v) is 5.47. The van der Waals surface area contributed by atoms with Gasteiger partial charge in [0.25, 0.3) is 0 Å². The summed E-state index contributed by atoms with van der Waals surface area (Å²) in [6, 6.07) is 21.8. The average Bonchev–Trinajstić information content (AvgIpc) is 3.09. The zero-order chi connectivity index (χ0) is 22.0. The summed E-state index contributed by atoms with van der Waals surface area (Å²) in [7, 11) is 0. The zero-order valence-corrected chi connectivity index (χ0v) is 16.5. The van der Waals surface area contributed by atoms with Crippen molar-refractivity contribution in [3.63, 3.8) is 0 Å². The first kappa shape index (κ1) is 18.4. The lowest BCUT2D eigenvalue weighted by Gasteiger charge is -2.18. The van der Waals surface area contributed by atoms with E-state index in [1.807, 2.05) is 79.7 Å². The fourth-order valence-electron chi connectivity index (χ4n) is 3.91. The molecule has 1 aliphatic rings. The summed E-state index contributed by atoms with van der Waals surface area (Å²) in [4.78, 5) is 24.2. The van der Waals surface area contributed by atoms with Gasteiger partial charge in [0.2, 0.25) is 0 Å². The summed E-state index contributed by atoms with van der Waals surface area (Å²) in [5.74, 6) is -1.59. The second kappa shape index (κ2) is 8.41. The molecule has 0 saturated heterocycles. The number of carbonyl (C=O) groups excluding carboxylic acids is 1. The summed E-state index contributed by atoms with van der Waals surface area (Å²) in [6.07, 6.45) is -0.780. The molecule has 5 heteroatoms. The van der Waals surface area contributed by atoms with Crippen LogP contribution in [0.15, 0.2) is 72.8 Å². The van der Waals surface area contributed by atoms with E-state index in [0.717, 1.165) is 33.4 Å². The molecule has 0 spiro atoms. The minimum Gasteiger partial charge on any atom is -0.480 e. The van der Waals surface area contributed by atoms with Crippen molar-refractivity contribution in [3.8, 4) is 11.1 Å². The number of hydrogen-bond donors (Lipinski definition) is 2. The number of rotatable bonds is 6. The average molecular weight is 402 g/mol. The Morgan fingerprint density at radius 3 is 2.17 bits per heavy atom. The lowest BCUT2D eigenvalue weighted by atomic mass is 9.98. The molecule has 4 rings (SSSR count). The first-order valence-corrected chi connectivity index (χ1v) is 9.80. The summed E-state index contributed by atoms with van der Waals surface area (Å²) < 4.78 is 13.9. The van der Waals surface area contributed by atoms with Crippen LogP contribution in [0.3, 0.4) is 0 Å². The molecular formula is C25H23NO4. The molecule has 3 aromatic carbocycles. The molecular weight excluding hydrogens is 378 g/mol. The third-order valence-electron chi connectivity index (χ3n) is 5.47.